The van der Waals surface area contributed by atoms with E-state index in [9.17, 15) is 9.59 Å². The van der Waals surface area contributed by atoms with Crippen LogP contribution < -0.4 is 10.2 Å². The van der Waals surface area contributed by atoms with Gasteiger partial charge in [0.2, 0.25) is 11.8 Å². The third-order valence-electron chi connectivity index (χ3n) is 7.26. The van der Waals surface area contributed by atoms with Crippen LogP contribution in [0.2, 0.25) is 0 Å². The summed E-state index contributed by atoms with van der Waals surface area (Å²) in [4.78, 5) is 29.1. The molecule has 3 fully saturated rings. The quantitative estimate of drug-likeness (QED) is 0.757. The molecule has 1 N–H and O–H groups in total. The molecule has 2 amide bonds. The first-order valence-electron chi connectivity index (χ1n) is 11.9. The first-order valence-corrected chi connectivity index (χ1v) is 11.9. The lowest BCUT2D eigenvalue weighted by molar-refractivity contribution is -0.139. The van der Waals surface area contributed by atoms with Gasteiger partial charge in [0.15, 0.2) is 5.82 Å². The van der Waals surface area contributed by atoms with Crippen molar-refractivity contribution in [1.82, 2.24) is 15.1 Å². The summed E-state index contributed by atoms with van der Waals surface area (Å²) in [7, 11) is 0. The van der Waals surface area contributed by atoms with Crippen molar-refractivity contribution in [3.05, 3.63) is 48.2 Å². The van der Waals surface area contributed by atoms with Crippen LogP contribution in [0.15, 0.2) is 42.6 Å². The molecule has 0 spiro atoms. The van der Waals surface area contributed by atoms with Crippen molar-refractivity contribution < 1.29 is 9.59 Å². The van der Waals surface area contributed by atoms with Crippen molar-refractivity contribution in [1.29, 1.82) is 0 Å². The number of carbonyl (C=O) groups is 2. The molecule has 1 aromatic heterocycles. The average Bonchev–Trinajstić information content (AvgIpc) is 2.74. The number of hydrogen-bond acceptors (Lipinski definition) is 5. The summed E-state index contributed by atoms with van der Waals surface area (Å²) in [5.41, 5.74) is 2.14. The maximum atomic E-state index is 12.5. The van der Waals surface area contributed by atoms with Gasteiger partial charge in [-0.25, -0.2) is 0 Å². The molecule has 5 rings (SSSR count). The Morgan fingerprint density at radius 2 is 1.72 bits per heavy atom. The van der Waals surface area contributed by atoms with Gasteiger partial charge in [0, 0.05) is 44.0 Å². The summed E-state index contributed by atoms with van der Waals surface area (Å²) < 4.78 is 0. The Hall–Kier alpha value is -2.96. The minimum absolute atomic E-state index is 0.0236. The van der Waals surface area contributed by atoms with E-state index in [1.807, 2.05) is 24.3 Å². The molecule has 1 saturated carbocycles. The molecule has 2 aromatic rings. The first kappa shape index (κ1) is 20.9. The molecular formula is C25H31N5O2. The van der Waals surface area contributed by atoms with E-state index < -0.39 is 0 Å². The minimum Gasteiger partial charge on any atom is -0.353 e. The number of hydrogen-bond donors (Lipinski definition) is 1. The van der Waals surface area contributed by atoms with E-state index in [2.05, 4.69) is 37.4 Å². The highest BCUT2D eigenvalue weighted by molar-refractivity contribution is 5.94. The number of aromatic nitrogens is 2. The molecule has 3 aliphatic rings. The molecule has 1 aliphatic carbocycles. The molecule has 3 heterocycles. The van der Waals surface area contributed by atoms with Crippen LogP contribution in [0, 0.1) is 17.8 Å². The molecule has 7 nitrogen and oxygen atoms in total. The summed E-state index contributed by atoms with van der Waals surface area (Å²) in [5, 5.41) is 11.0. The highest BCUT2D eigenvalue weighted by atomic mass is 16.2. The van der Waals surface area contributed by atoms with Crippen molar-refractivity contribution in [2.24, 2.45) is 17.8 Å². The molecule has 2 aliphatic heterocycles. The Bertz CT molecular complexity index is 931. The van der Waals surface area contributed by atoms with E-state index >= 15 is 0 Å². The molecule has 0 radical (unpaired) electrons. The number of nitrogens with one attached hydrogen (secondary N) is 1. The van der Waals surface area contributed by atoms with Gasteiger partial charge in [-0.15, -0.1) is 5.10 Å². The van der Waals surface area contributed by atoms with Crippen molar-refractivity contribution in [2.45, 2.75) is 38.5 Å². The van der Waals surface area contributed by atoms with Gasteiger partial charge in [0.05, 0.1) is 5.92 Å². The largest absolute Gasteiger partial charge is 0.353 e. The first-order chi connectivity index (χ1) is 15.7. The van der Waals surface area contributed by atoms with Gasteiger partial charge in [-0.2, -0.15) is 5.10 Å². The second-order valence-corrected chi connectivity index (χ2v) is 9.47. The SMILES string of the molecule is O=C(Nc1ccc(CC2CCN(C(=O)C3CCC3)CC2)cc1)C1CN(c2cccnn2)C1. The van der Waals surface area contributed by atoms with E-state index in [0.717, 1.165) is 56.7 Å². The van der Waals surface area contributed by atoms with E-state index in [1.165, 1.54) is 12.0 Å². The number of rotatable bonds is 6. The Balaban J connectivity index is 1.05. The summed E-state index contributed by atoms with van der Waals surface area (Å²) in [6.07, 6.45) is 8.24. The average molecular weight is 434 g/mol. The van der Waals surface area contributed by atoms with E-state index in [1.54, 1.807) is 6.20 Å². The standard InChI is InChI=1S/C25H31N5O2/c31-24(21-16-30(17-21)23-5-2-12-26-28-23)27-22-8-6-18(7-9-22)15-19-10-13-29(14-11-19)25(32)20-3-1-4-20/h2,5-9,12,19-21H,1,3-4,10-11,13-17H2,(H,27,31). The molecule has 0 bridgehead atoms. The van der Waals surface area contributed by atoms with E-state index in [0.29, 0.717) is 30.8 Å². The molecule has 7 heteroatoms. The third-order valence-corrected chi connectivity index (χ3v) is 7.26. The zero-order valence-corrected chi connectivity index (χ0v) is 18.4. The van der Waals surface area contributed by atoms with Crippen LogP contribution >= 0.6 is 0 Å². The van der Waals surface area contributed by atoms with Crippen LogP contribution in [-0.2, 0) is 16.0 Å². The number of piperidine rings is 1. The van der Waals surface area contributed by atoms with Crippen molar-refractivity contribution in [3.63, 3.8) is 0 Å². The van der Waals surface area contributed by atoms with Gasteiger partial charge in [0.25, 0.3) is 0 Å². The zero-order chi connectivity index (χ0) is 21.9. The normalized spacial score (nSPS) is 19.9. The van der Waals surface area contributed by atoms with Gasteiger partial charge in [-0.1, -0.05) is 18.6 Å². The van der Waals surface area contributed by atoms with Crippen LogP contribution in [-0.4, -0.2) is 53.1 Å². The Morgan fingerprint density at radius 3 is 2.34 bits per heavy atom. The lowest BCUT2D eigenvalue weighted by atomic mass is 9.83. The maximum absolute atomic E-state index is 12.5. The highest BCUT2D eigenvalue weighted by Gasteiger charge is 2.34. The van der Waals surface area contributed by atoms with Crippen LogP contribution in [0.25, 0.3) is 0 Å². The summed E-state index contributed by atoms with van der Waals surface area (Å²) in [6, 6.07) is 12.0. The van der Waals surface area contributed by atoms with Crippen molar-refractivity contribution in [2.75, 3.05) is 36.4 Å². The summed E-state index contributed by atoms with van der Waals surface area (Å²) in [6.45, 7) is 3.15. The molecule has 2 saturated heterocycles. The summed E-state index contributed by atoms with van der Waals surface area (Å²) >= 11 is 0. The van der Waals surface area contributed by atoms with E-state index in [4.69, 9.17) is 0 Å². The topological polar surface area (TPSA) is 78.4 Å². The predicted octanol–water partition coefficient (Wildman–Crippen LogP) is 3.13. The zero-order valence-electron chi connectivity index (χ0n) is 18.4. The number of anilines is 2. The van der Waals surface area contributed by atoms with Crippen LogP contribution in [0.4, 0.5) is 11.5 Å². The monoisotopic (exact) mass is 433 g/mol. The molecule has 32 heavy (non-hydrogen) atoms. The van der Waals surface area contributed by atoms with E-state index in [-0.39, 0.29) is 11.8 Å². The smallest absolute Gasteiger partial charge is 0.231 e. The van der Waals surface area contributed by atoms with Crippen LogP contribution in [0.5, 0.6) is 0 Å². The molecular weight excluding hydrogens is 402 g/mol. The summed E-state index contributed by atoms with van der Waals surface area (Å²) in [5.74, 6) is 2.18. The van der Waals surface area contributed by atoms with Crippen molar-refractivity contribution in [3.8, 4) is 0 Å². The number of carbonyl (C=O) groups excluding carboxylic acids is 2. The number of benzene rings is 1. The highest BCUT2D eigenvalue weighted by Crippen LogP contribution is 2.31. The van der Waals surface area contributed by atoms with Gasteiger partial charge in [0.1, 0.15) is 0 Å². The van der Waals surface area contributed by atoms with Crippen molar-refractivity contribution >= 4 is 23.3 Å². The Morgan fingerprint density at radius 1 is 0.969 bits per heavy atom. The second kappa shape index (κ2) is 9.27. The molecule has 0 atom stereocenters. The fraction of sp³-hybridized carbons (Fsp3) is 0.520. The van der Waals surface area contributed by atoms with Gasteiger partial charge >= 0.3 is 0 Å². The number of likely N-dealkylation sites (tertiary alicyclic amines) is 1. The minimum atomic E-state index is -0.0236. The predicted molar refractivity (Wildman–Crippen MR) is 123 cm³/mol. The number of nitrogens with zero attached hydrogens (tertiary/aromatic N) is 4. The third kappa shape index (κ3) is 4.61. The van der Waals surface area contributed by atoms with Gasteiger partial charge in [-0.05, 0) is 67.9 Å². The Kier molecular flexibility index (Phi) is 6.06. The van der Waals surface area contributed by atoms with Crippen LogP contribution in [0.3, 0.4) is 0 Å². The number of amides is 2. The Labute approximate surface area is 189 Å². The fourth-order valence-electron chi connectivity index (χ4n) is 4.87. The molecule has 0 unspecified atom stereocenters. The fourth-order valence-corrected chi connectivity index (χ4v) is 4.87. The maximum Gasteiger partial charge on any atom is 0.231 e. The van der Waals surface area contributed by atoms with Gasteiger partial charge < -0.3 is 15.1 Å². The molecule has 1 aromatic carbocycles. The lowest BCUT2D eigenvalue weighted by Gasteiger charge is -2.38. The molecule has 168 valence electrons. The van der Waals surface area contributed by atoms with Gasteiger partial charge in [-0.3, -0.25) is 9.59 Å². The van der Waals surface area contributed by atoms with Crippen LogP contribution in [0.1, 0.15) is 37.7 Å². The second-order valence-electron chi connectivity index (χ2n) is 9.47. The lowest BCUT2D eigenvalue weighted by Crippen LogP contribution is -2.52.